The number of aromatic nitrogens is 2. The quantitative estimate of drug-likeness (QED) is 0.245. The van der Waals surface area contributed by atoms with E-state index in [2.05, 4.69) is 0 Å². The molecule has 158 valence electrons. The van der Waals surface area contributed by atoms with Crippen LogP contribution in [0.1, 0.15) is 21.7 Å². The number of esters is 1. The zero-order chi connectivity index (χ0) is 21.8. The highest BCUT2D eigenvalue weighted by Gasteiger charge is 2.15. The van der Waals surface area contributed by atoms with Crippen molar-refractivity contribution in [2.75, 3.05) is 14.2 Å². The van der Waals surface area contributed by atoms with E-state index in [1.54, 1.807) is 42.2 Å². The van der Waals surface area contributed by atoms with Crippen LogP contribution < -0.4 is 10.3 Å². The first-order valence-corrected chi connectivity index (χ1v) is 10.5. The molecule has 0 fully saturated rings. The van der Waals surface area contributed by atoms with Crippen LogP contribution in [0, 0.1) is 0 Å². The Hall–Kier alpha value is -3.52. The van der Waals surface area contributed by atoms with E-state index in [0.29, 0.717) is 33.1 Å². The maximum absolute atomic E-state index is 13.3. The molecule has 0 saturated heterocycles. The van der Waals surface area contributed by atoms with Crippen LogP contribution in [-0.4, -0.2) is 29.7 Å². The SMILES string of the molecule is COC(=O)c1ccc2c(=O)n(Cc3ccco3)c(SCc3ccc(OC)cc3)nc2c1. The van der Waals surface area contributed by atoms with E-state index in [9.17, 15) is 9.59 Å². The highest BCUT2D eigenvalue weighted by atomic mass is 32.2. The average Bonchev–Trinajstić information content (AvgIpc) is 3.32. The molecular weight excluding hydrogens is 416 g/mol. The van der Waals surface area contributed by atoms with Crippen LogP contribution in [0.4, 0.5) is 0 Å². The summed E-state index contributed by atoms with van der Waals surface area (Å²) in [6.45, 7) is 0.262. The maximum Gasteiger partial charge on any atom is 0.337 e. The van der Waals surface area contributed by atoms with Gasteiger partial charge in [0, 0.05) is 5.75 Å². The summed E-state index contributed by atoms with van der Waals surface area (Å²) in [7, 11) is 2.94. The third kappa shape index (κ3) is 4.49. The molecule has 0 aliphatic carbocycles. The summed E-state index contributed by atoms with van der Waals surface area (Å²) in [5.41, 5.74) is 1.65. The van der Waals surface area contributed by atoms with Crippen LogP contribution in [0.5, 0.6) is 5.75 Å². The Bertz CT molecular complexity index is 1260. The lowest BCUT2D eigenvalue weighted by Gasteiger charge is -2.13. The van der Waals surface area contributed by atoms with E-state index >= 15 is 0 Å². The molecular formula is C23H20N2O5S. The lowest BCUT2D eigenvalue weighted by molar-refractivity contribution is 0.0601. The first kappa shape index (κ1) is 20.7. The zero-order valence-electron chi connectivity index (χ0n) is 17.0. The summed E-state index contributed by atoms with van der Waals surface area (Å²) in [6, 6.07) is 16.1. The fourth-order valence-corrected chi connectivity index (χ4v) is 4.08. The van der Waals surface area contributed by atoms with Crippen molar-refractivity contribution in [3.8, 4) is 5.75 Å². The highest BCUT2D eigenvalue weighted by Crippen LogP contribution is 2.24. The molecule has 0 bridgehead atoms. The standard InChI is InChI=1S/C23H20N2O5S/c1-28-17-8-5-15(6-9-17)14-31-23-24-20-12-16(22(27)29-2)7-10-19(20)21(26)25(23)13-18-4-3-11-30-18/h3-12H,13-14H2,1-2H3. The number of fused-ring (bicyclic) bond motifs is 1. The van der Waals surface area contributed by atoms with Crippen molar-refractivity contribution in [3.63, 3.8) is 0 Å². The lowest BCUT2D eigenvalue weighted by atomic mass is 10.1. The van der Waals surface area contributed by atoms with Gasteiger partial charge in [0.2, 0.25) is 0 Å². The molecule has 7 nitrogen and oxygen atoms in total. The molecule has 0 aliphatic heterocycles. The first-order valence-electron chi connectivity index (χ1n) is 9.50. The fourth-order valence-electron chi connectivity index (χ4n) is 3.12. The Morgan fingerprint density at radius 2 is 1.94 bits per heavy atom. The molecule has 4 aromatic rings. The minimum Gasteiger partial charge on any atom is -0.497 e. The van der Waals surface area contributed by atoms with Gasteiger partial charge >= 0.3 is 5.97 Å². The number of methoxy groups -OCH3 is 2. The van der Waals surface area contributed by atoms with Gasteiger partial charge in [-0.3, -0.25) is 9.36 Å². The Labute approximate surface area is 182 Å². The van der Waals surface area contributed by atoms with E-state index in [1.807, 2.05) is 30.3 Å². The van der Waals surface area contributed by atoms with Gasteiger partial charge in [-0.2, -0.15) is 0 Å². The molecule has 0 spiro atoms. The number of hydrogen-bond donors (Lipinski definition) is 0. The van der Waals surface area contributed by atoms with Crippen molar-refractivity contribution in [2.24, 2.45) is 0 Å². The zero-order valence-corrected chi connectivity index (χ0v) is 17.8. The summed E-state index contributed by atoms with van der Waals surface area (Å²) in [6.07, 6.45) is 1.57. The third-order valence-electron chi connectivity index (χ3n) is 4.76. The van der Waals surface area contributed by atoms with Gasteiger partial charge in [0.05, 0.1) is 43.5 Å². The monoisotopic (exact) mass is 436 g/mol. The third-order valence-corrected chi connectivity index (χ3v) is 5.81. The van der Waals surface area contributed by atoms with Crippen LogP contribution in [-0.2, 0) is 17.0 Å². The van der Waals surface area contributed by atoms with E-state index in [-0.39, 0.29) is 12.1 Å². The van der Waals surface area contributed by atoms with Gasteiger partial charge in [0.15, 0.2) is 5.16 Å². The van der Waals surface area contributed by atoms with Crippen molar-refractivity contribution in [3.05, 3.63) is 88.1 Å². The minimum absolute atomic E-state index is 0.199. The molecule has 31 heavy (non-hydrogen) atoms. The van der Waals surface area contributed by atoms with Gasteiger partial charge in [-0.15, -0.1) is 0 Å². The Kier molecular flexibility index (Phi) is 6.08. The second kappa shape index (κ2) is 9.09. The summed E-state index contributed by atoms with van der Waals surface area (Å²) < 4.78 is 17.0. The molecule has 0 aliphatic rings. The van der Waals surface area contributed by atoms with Crippen LogP contribution in [0.25, 0.3) is 10.9 Å². The van der Waals surface area contributed by atoms with Crippen molar-refractivity contribution in [1.82, 2.24) is 9.55 Å². The van der Waals surface area contributed by atoms with Gasteiger partial charge in [-0.1, -0.05) is 23.9 Å². The maximum atomic E-state index is 13.3. The number of furan rings is 1. The van der Waals surface area contributed by atoms with E-state index in [0.717, 1.165) is 11.3 Å². The van der Waals surface area contributed by atoms with Gasteiger partial charge in [-0.05, 0) is 48.0 Å². The molecule has 4 rings (SSSR count). The largest absolute Gasteiger partial charge is 0.497 e. The minimum atomic E-state index is -0.476. The number of thioether (sulfide) groups is 1. The van der Waals surface area contributed by atoms with Crippen molar-refractivity contribution >= 4 is 28.6 Å². The van der Waals surface area contributed by atoms with Crippen molar-refractivity contribution in [2.45, 2.75) is 17.5 Å². The Morgan fingerprint density at radius 1 is 1.13 bits per heavy atom. The number of nitrogens with zero attached hydrogens (tertiary/aromatic N) is 2. The number of benzene rings is 2. The molecule has 0 unspecified atom stereocenters. The average molecular weight is 436 g/mol. The molecule has 8 heteroatoms. The van der Waals surface area contributed by atoms with Gasteiger partial charge < -0.3 is 13.9 Å². The lowest BCUT2D eigenvalue weighted by Crippen LogP contribution is -2.24. The molecule has 2 aromatic carbocycles. The van der Waals surface area contributed by atoms with Crippen molar-refractivity contribution < 1.29 is 18.7 Å². The Balaban J connectivity index is 1.74. The van der Waals surface area contributed by atoms with Gasteiger partial charge in [0.1, 0.15) is 11.5 Å². The predicted octanol–water partition coefficient (Wildman–Crippen LogP) is 4.13. The summed E-state index contributed by atoms with van der Waals surface area (Å²) in [5.74, 6) is 1.57. The van der Waals surface area contributed by atoms with Crippen LogP contribution in [0.15, 0.2) is 75.2 Å². The van der Waals surface area contributed by atoms with E-state index < -0.39 is 5.97 Å². The van der Waals surface area contributed by atoms with Crippen LogP contribution >= 0.6 is 11.8 Å². The van der Waals surface area contributed by atoms with Crippen LogP contribution in [0.2, 0.25) is 0 Å². The van der Waals surface area contributed by atoms with E-state index in [1.165, 1.54) is 18.9 Å². The number of ether oxygens (including phenoxy) is 2. The number of carbonyl (C=O) groups excluding carboxylic acids is 1. The topological polar surface area (TPSA) is 83.6 Å². The second-order valence-corrected chi connectivity index (χ2v) is 7.67. The molecule has 2 heterocycles. The number of rotatable bonds is 7. The molecule has 0 radical (unpaired) electrons. The molecule has 0 saturated carbocycles. The molecule has 0 atom stereocenters. The first-order chi connectivity index (χ1) is 15.1. The van der Waals surface area contributed by atoms with Gasteiger partial charge in [-0.25, -0.2) is 9.78 Å². The van der Waals surface area contributed by atoms with Crippen LogP contribution in [0.3, 0.4) is 0 Å². The Morgan fingerprint density at radius 3 is 2.61 bits per heavy atom. The highest BCUT2D eigenvalue weighted by molar-refractivity contribution is 7.98. The smallest absolute Gasteiger partial charge is 0.337 e. The fraction of sp³-hybridized carbons (Fsp3) is 0.174. The molecule has 2 aromatic heterocycles. The summed E-state index contributed by atoms with van der Waals surface area (Å²) >= 11 is 1.44. The molecule has 0 N–H and O–H groups in total. The molecule has 0 amide bonds. The van der Waals surface area contributed by atoms with E-state index in [4.69, 9.17) is 18.9 Å². The summed E-state index contributed by atoms with van der Waals surface area (Å²) in [5, 5.41) is 0.958. The normalized spacial score (nSPS) is 10.9. The predicted molar refractivity (Wildman–Crippen MR) is 118 cm³/mol. The van der Waals surface area contributed by atoms with Crippen molar-refractivity contribution in [1.29, 1.82) is 0 Å². The number of hydrogen-bond acceptors (Lipinski definition) is 7. The summed E-state index contributed by atoms with van der Waals surface area (Å²) in [4.78, 5) is 29.9. The number of carbonyl (C=O) groups is 1. The second-order valence-electron chi connectivity index (χ2n) is 6.73. The van der Waals surface area contributed by atoms with Gasteiger partial charge in [0.25, 0.3) is 5.56 Å².